The van der Waals surface area contributed by atoms with Gasteiger partial charge in [-0.05, 0) is 90.6 Å². The summed E-state index contributed by atoms with van der Waals surface area (Å²) >= 11 is 0. The largest absolute Gasteiger partial charge is 0.504 e. The van der Waals surface area contributed by atoms with E-state index in [1.54, 1.807) is 6.07 Å². The highest BCUT2D eigenvalue weighted by atomic mass is 16.3. The molecule has 0 atom stereocenters. The highest BCUT2D eigenvalue weighted by molar-refractivity contribution is 5.91. The fourth-order valence-electron chi connectivity index (χ4n) is 6.88. The summed E-state index contributed by atoms with van der Waals surface area (Å²) < 4.78 is 0. The van der Waals surface area contributed by atoms with Crippen molar-refractivity contribution in [3.8, 4) is 34.2 Å². The van der Waals surface area contributed by atoms with Gasteiger partial charge in [-0.25, -0.2) is 9.97 Å². The number of nitriles is 1. The van der Waals surface area contributed by atoms with Crippen LogP contribution in [0.25, 0.3) is 33.3 Å². The first-order valence-electron chi connectivity index (χ1n) is 14.8. The Morgan fingerprint density at radius 3 is 2.27 bits per heavy atom. The summed E-state index contributed by atoms with van der Waals surface area (Å²) in [6.07, 6.45) is 1.90. The number of pyridine rings is 2. The molecule has 0 unspecified atom stereocenters. The van der Waals surface area contributed by atoms with E-state index in [1.165, 1.54) is 33.4 Å². The van der Waals surface area contributed by atoms with Gasteiger partial charge in [-0.15, -0.1) is 0 Å². The van der Waals surface area contributed by atoms with Crippen molar-refractivity contribution in [1.82, 2.24) is 9.97 Å². The van der Waals surface area contributed by atoms with Crippen LogP contribution in [-0.4, -0.2) is 15.1 Å². The van der Waals surface area contributed by atoms with Crippen LogP contribution in [0.2, 0.25) is 0 Å². The fourth-order valence-corrected chi connectivity index (χ4v) is 6.88. The van der Waals surface area contributed by atoms with E-state index in [4.69, 9.17) is 9.97 Å². The zero-order chi connectivity index (χ0) is 30.7. The highest BCUT2D eigenvalue weighted by Gasteiger charge is 2.37. The molecule has 4 aromatic carbocycles. The molecule has 0 bridgehead atoms. The molecule has 0 saturated heterocycles. The fraction of sp³-hybridized carbons (Fsp3) is 0.154. The van der Waals surface area contributed by atoms with Crippen molar-refractivity contribution in [3.05, 3.63) is 131 Å². The van der Waals surface area contributed by atoms with Crippen LogP contribution in [0.1, 0.15) is 47.2 Å². The molecule has 0 spiro atoms. The molecule has 1 aliphatic heterocycles. The lowest BCUT2D eigenvalue weighted by atomic mass is 9.73. The quantitative estimate of drug-likeness (QED) is 0.229. The van der Waals surface area contributed by atoms with Crippen molar-refractivity contribution in [3.63, 3.8) is 0 Å². The van der Waals surface area contributed by atoms with Gasteiger partial charge in [-0.3, -0.25) is 4.90 Å². The SMILES string of the molecule is Cc1cc(C)c(-c2ccnc(N3c4ccccc4C(C)(C)c4ccc(-c5ccc6ccc(C#N)c(O)c6n5)cc43)c2)c(C)c1. The molecule has 3 heterocycles. The van der Waals surface area contributed by atoms with Crippen molar-refractivity contribution < 1.29 is 5.11 Å². The minimum atomic E-state index is -0.251. The standard InChI is InChI=1S/C39H32N4O/c1-23-18-24(2)36(25(3)19-23)28-16-17-41-35(21-28)43-33-9-7-6-8-30(33)39(4,5)31-14-12-27(20-34(31)43)32-15-13-26-10-11-29(22-40)38(44)37(26)42-32/h6-21,44H,1-5H3. The number of anilines is 3. The monoisotopic (exact) mass is 572 g/mol. The van der Waals surface area contributed by atoms with Crippen molar-refractivity contribution >= 4 is 28.1 Å². The number of rotatable bonds is 3. The van der Waals surface area contributed by atoms with Gasteiger partial charge in [0, 0.05) is 22.6 Å². The number of hydrogen-bond donors (Lipinski definition) is 1. The van der Waals surface area contributed by atoms with Crippen LogP contribution in [0.3, 0.4) is 0 Å². The van der Waals surface area contributed by atoms with E-state index >= 15 is 0 Å². The molecule has 1 aliphatic rings. The molecule has 6 aromatic rings. The van der Waals surface area contributed by atoms with Gasteiger partial charge in [0.15, 0.2) is 5.75 Å². The normalized spacial score (nSPS) is 13.3. The Morgan fingerprint density at radius 1 is 0.773 bits per heavy atom. The van der Waals surface area contributed by atoms with Crippen LogP contribution in [0, 0.1) is 32.1 Å². The predicted octanol–water partition coefficient (Wildman–Crippen LogP) is 9.58. The van der Waals surface area contributed by atoms with Gasteiger partial charge < -0.3 is 5.11 Å². The number of phenols is 1. The molecule has 0 radical (unpaired) electrons. The maximum atomic E-state index is 10.8. The van der Waals surface area contributed by atoms with Gasteiger partial charge in [0.25, 0.3) is 0 Å². The maximum Gasteiger partial charge on any atom is 0.159 e. The van der Waals surface area contributed by atoms with Crippen LogP contribution in [0.15, 0.2) is 97.2 Å². The lowest BCUT2D eigenvalue weighted by Gasteiger charge is -2.41. The zero-order valence-electron chi connectivity index (χ0n) is 25.5. The molecule has 214 valence electrons. The van der Waals surface area contributed by atoms with Gasteiger partial charge in [0.2, 0.25) is 0 Å². The van der Waals surface area contributed by atoms with Crippen molar-refractivity contribution in [2.45, 2.75) is 40.0 Å². The molecule has 0 amide bonds. The number of hydrogen-bond acceptors (Lipinski definition) is 5. The zero-order valence-corrected chi connectivity index (χ0v) is 25.5. The van der Waals surface area contributed by atoms with Gasteiger partial charge in [0.1, 0.15) is 17.4 Å². The van der Waals surface area contributed by atoms with E-state index in [2.05, 4.69) is 112 Å². The van der Waals surface area contributed by atoms with Crippen LogP contribution in [0.5, 0.6) is 5.75 Å². The van der Waals surface area contributed by atoms with Crippen LogP contribution >= 0.6 is 0 Å². The molecule has 5 heteroatoms. The van der Waals surface area contributed by atoms with E-state index in [1.807, 2.05) is 24.4 Å². The number of aromatic hydroxyl groups is 1. The topological polar surface area (TPSA) is 73.0 Å². The van der Waals surface area contributed by atoms with Gasteiger partial charge in [-0.1, -0.05) is 74.0 Å². The minimum absolute atomic E-state index is 0.0933. The number of nitrogens with zero attached hydrogens (tertiary/aromatic N) is 4. The maximum absolute atomic E-state index is 10.8. The van der Waals surface area contributed by atoms with Crippen molar-refractivity contribution in [1.29, 1.82) is 5.26 Å². The number of aryl methyl sites for hydroxylation is 3. The third-order valence-electron chi connectivity index (χ3n) is 8.92. The van der Waals surface area contributed by atoms with Crippen LogP contribution in [-0.2, 0) is 5.41 Å². The molecule has 0 saturated carbocycles. The number of phenolic OH excluding ortho intramolecular Hbond substituents is 1. The summed E-state index contributed by atoms with van der Waals surface area (Å²) in [6, 6.07) is 33.1. The second-order valence-corrected chi connectivity index (χ2v) is 12.2. The first-order chi connectivity index (χ1) is 21.2. The van der Waals surface area contributed by atoms with E-state index in [0.29, 0.717) is 5.52 Å². The van der Waals surface area contributed by atoms with Crippen LogP contribution in [0.4, 0.5) is 17.2 Å². The minimum Gasteiger partial charge on any atom is -0.504 e. The average Bonchev–Trinajstić information content (AvgIpc) is 3.01. The number of benzene rings is 4. The summed E-state index contributed by atoms with van der Waals surface area (Å²) in [5.41, 5.74) is 12.6. The second-order valence-electron chi connectivity index (χ2n) is 12.2. The molecule has 1 N–H and O–H groups in total. The average molecular weight is 573 g/mol. The predicted molar refractivity (Wildman–Crippen MR) is 178 cm³/mol. The third kappa shape index (κ3) is 4.22. The van der Waals surface area contributed by atoms with Crippen molar-refractivity contribution in [2.75, 3.05) is 4.90 Å². The Morgan fingerprint density at radius 2 is 1.50 bits per heavy atom. The van der Waals surface area contributed by atoms with E-state index in [9.17, 15) is 10.4 Å². The molecule has 7 rings (SSSR count). The second kappa shape index (κ2) is 10.1. The highest BCUT2D eigenvalue weighted by Crippen LogP contribution is 2.52. The molecular formula is C39H32N4O. The van der Waals surface area contributed by atoms with Gasteiger partial charge >= 0.3 is 0 Å². The smallest absolute Gasteiger partial charge is 0.159 e. The first-order valence-corrected chi connectivity index (χ1v) is 14.8. The molecule has 2 aromatic heterocycles. The Balaban J connectivity index is 1.44. The summed E-state index contributed by atoms with van der Waals surface area (Å²) in [6.45, 7) is 11.0. The lowest BCUT2D eigenvalue weighted by Crippen LogP contribution is -2.31. The Labute approximate surface area is 257 Å². The summed E-state index contributed by atoms with van der Waals surface area (Å²) in [5, 5.41) is 21.0. The molecule has 44 heavy (non-hydrogen) atoms. The van der Waals surface area contributed by atoms with Crippen LogP contribution < -0.4 is 4.90 Å². The number of para-hydroxylation sites is 1. The van der Waals surface area contributed by atoms with Gasteiger partial charge in [0.05, 0.1) is 22.6 Å². The molecule has 0 aliphatic carbocycles. The van der Waals surface area contributed by atoms with E-state index in [0.717, 1.165) is 39.4 Å². The van der Waals surface area contributed by atoms with Gasteiger partial charge in [-0.2, -0.15) is 5.26 Å². The number of fused-ring (bicyclic) bond motifs is 3. The lowest BCUT2D eigenvalue weighted by molar-refractivity contribution is 0.478. The molecule has 0 fully saturated rings. The number of aromatic nitrogens is 2. The summed E-state index contributed by atoms with van der Waals surface area (Å²) in [5.74, 6) is 0.746. The van der Waals surface area contributed by atoms with E-state index in [-0.39, 0.29) is 16.7 Å². The Hall–Kier alpha value is -5.47. The summed E-state index contributed by atoms with van der Waals surface area (Å²) in [7, 11) is 0. The molecule has 5 nitrogen and oxygen atoms in total. The Bertz CT molecular complexity index is 2150. The Kier molecular flexibility index (Phi) is 6.26. The summed E-state index contributed by atoms with van der Waals surface area (Å²) in [4.78, 5) is 12.0. The third-order valence-corrected chi connectivity index (χ3v) is 8.92. The van der Waals surface area contributed by atoms with Crippen molar-refractivity contribution in [2.24, 2.45) is 0 Å². The first kappa shape index (κ1) is 27.4. The molecular weight excluding hydrogens is 540 g/mol. The van der Waals surface area contributed by atoms with E-state index < -0.39 is 0 Å².